The van der Waals surface area contributed by atoms with Crippen molar-refractivity contribution >= 4 is 43.4 Å². The molecule has 0 amide bonds. The first-order valence-electron chi connectivity index (χ1n) is 20.0. The van der Waals surface area contributed by atoms with E-state index in [4.69, 9.17) is 0 Å². The number of nitrogens with zero attached hydrogens (tertiary/aromatic N) is 1. The Morgan fingerprint density at radius 3 is 1.54 bits per heavy atom. The van der Waals surface area contributed by atoms with E-state index in [2.05, 4.69) is 168 Å². The molecule has 2 atom stereocenters. The fourth-order valence-electron chi connectivity index (χ4n) is 11.5. The number of hydrogen-bond acceptors (Lipinski definition) is 0. The summed E-state index contributed by atoms with van der Waals surface area (Å²) in [5.74, 6) is 3.00. The van der Waals surface area contributed by atoms with Crippen molar-refractivity contribution in [2.45, 2.75) is 43.9 Å². The standard InChI is InChI=1S/C53H41N/c1-2-12-39(13-3-1)54-50-21-11-10-16-43(50)44-25-23-36(32-51(44)54)53-47-19-8-6-17-45(47)52(46-18-7-9-20-48(46)53)35-22-24-42-41-15-5-4-14-40(41)37-27-33-26-34(28-37)30-38(29-33)49(42)31-35/h1-25,31-34,37-38H,26-30H2. The molecule has 1 nitrogen and oxygen atoms in total. The zero-order valence-corrected chi connectivity index (χ0v) is 30.4. The third-order valence-corrected chi connectivity index (χ3v) is 13.5. The van der Waals surface area contributed by atoms with E-state index in [0.717, 1.165) is 11.8 Å². The highest BCUT2D eigenvalue weighted by Gasteiger charge is 2.40. The molecule has 1 heteroatoms. The smallest absolute Gasteiger partial charge is 0.0547 e. The van der Waals surface area contributed by atoms with Crippen LogP contribution < -0.4 is 0 Å². The maximum atomic E-state index is 2.63. The highest BCUT2D eigenvalue weighted by atomic mass is 15.0. The van der Waals surface area contributed by atoms with Crippen molar-refractivity contribution in [3.05, 3.63) is 175 Å². The summed E-state index contributed by atoms with van der Waals surface area (Å²) < 4.78 is 2.44. The van der Waals surface area contributed by atoms with Gasteiger partial charge in [-0.3, -0.25) is 0 Å². The van der Waals surface area contributed by atoms with Gasteiger partial charge in [0.25, 0.3) is 0 Å². The molecule has 2 saturated carbocycles. The summed E-state index contributed by atoms with van der Waals surface area (Å²) in [6, 6.07) is 62.1. The molecule has 2 unspecified atom stereocenters. The van der Waals surface area contributed by atoms with Crippen LogP contribution in [0.25, 0.3) is 82.4 Å². The van der Waals surface area contributed by atoms with E-state index >= 15 is 0 Å². The van der Waals surface area contributed by atoms with Crippen LogP contribution in [0.3, 0.4) is 0 Å². The Bertz CT molecular complexity index is 2880. The van der Waals surface area contributed by atoms with Gasteiger partial charge in [-0.2, -0.15) is 0 Å². The van der Waals surface area contributed by atoms with E-state index in [1.54, 1.807) is 11.1 Å². The van der Waals surface area contributed by atoms with E-state index < -0.39 is 0 Å². The first kappa shape index (κ1) is 30.5. The van der Waals surface area contributed by atoms with E-state index in [1.165, 1.54) is 115 Å². The Balaban J connectivity index is 1.11. The van der Waals surface area contributed by atoms with E-state index in [-0.39, 0.29) is 0 Å². The average Bonchev–Trinajstić information content (AvgIpc) is 3.58. The van der Waals surface area contributed by atoms with Crippen LogP contribution in [-0.4, -0.2) is 4.57 Å². The van der Waals surface area contributed by atoms with Crippen molar-refractivity contribution in [1.29, 1.82) is 0 Å². The Morgan fingerprint density at radius 1 is 0.352 bits per heavy atom. The molecule has 0 radical (unpaired) electrons. The van der Waals surface area contributed by atoms with Crippen LogP contribution in [0.5, 0.6) is 0 Å². The average molecular weight is 692 g/mol. The molecule has 8 aromatic carbocycles. The number of benzene rings is 8. The zero-order chi connectivity index (χ0) is 35.3. The lowest BCUT2D eigenvalue weighted by molar-refractivity contribution is 0.153. The van der Waals surface area contributed by atoms with E-state index in [1.807, 2.05) is 0 Å². The molecule has 0 spiro atoms. The third kappa shape index (κ3) is 4.51. The van der Waals surface area contributed by atoms with Gasteiger partial charge in [-0.1, -0.05) is 140 Å². The van der Waals surface area contributed by atoms with Crippen LogP contribution in [0, 0.1) is 11.8 Å². The molecule has 0 aliphatic heterocycles. The van der Waals surface area contributed by atoms with Crippen molar-refractivity contribution in [3.63, 3.8) is 0 Å². The van der Waals surface area contributed by atoms with Crippen LogP contribution in [0.2, 0.25) is 0 Å². The number of hydrogen-bond donors (Lipinski definition) is 0. The molecule has 0 saturated heterocycles. The lowest BCUT2D eigenvalue weighted by Crippen LogP contribution is -2.29. The molecular weight excluding hydrogens is 651 g/mol. The van der Waals surface area contributed by atoms with Crippen molar-refractivity contribution in [2.24, 2.45) is 11.8 Å². The summed E-state index contributed by atoms with van der Waals surface area (Å²) >= 11 is 0. The molecule has 1 aromatic heterocycles. The van der Waals surface area contributed by atoms with E-state index in [0.29, 0.717) is 11.8 Å². The van der Waals surface area contributed by atoms with Gasteiger partial charge in [0, 0.05) is 16.5 Å². The van der Waals surface area contributed by atoms with Crippen LogP contribution in [-0.2, 0) is 0 Å². The molecule has 1 heterocycles. The highest BCUT2D eigenvalue weighted by Crippen LogP contribution is 2.56. The van der Waals surface area contributed by atoms with Gasteiger partial charge in [0.1, 0.15) is 0 Å². The number of rotatable bonds is 3. The Kier molecular flexibility index (Phi) is 6.67. The molecule has 54 heavy (non-hydrogen) atoms. The van der Waals surface area contributed by atoms with Crippen molar-refractivity contribution in [2.75, 3.05) is 0 Å². The fraction of sp³-hybridized carbons (Fsp3) is 0.170. The van der Waals surface area contributed by atoms with Gasteiger partial charge in [0.15, 0.2) is 0 Å². The molecule has 4 aliphatic rings. The Morgan fingerprint density at radius 2 is 0.852 bits per heavy atom. The second kappa shape index (κ2) is 11.8. The molecule has 4 aliphatic carbocycles. The van der Waals surface area contributed by atoms with Gasteiger partial charge in [-0.25, -0.2) is 0 Å². The third-order valence-electron chi connectivity index (χ3n) is 13.5. The van der Waals surface area contributed by atoms with Gasteiger partial charge in [0.05, 0.1) is 11.0 Å². The lowest BCUT2D eigenvalue weighted by Gasteiger charge is -2.42. The first-order chi connectivity index (χ1) is 26.8. The summed E-state index contributed by atoms with van der Waals surface area (Å²) in [6.45, 7) is 0. The molecule has 9 aromatic rings. The highest BCUT2D eigenvalue weighted by molar-refractivity contribution is 6.22. The first-order valence-corrected chi connectivity index (χ1v) is 20.0. The molecule has 2 fully saturated rings. The maximum Gasteiger partial charge on any atom is 0.0547 e. The van der Waals surface area contributed by atoms with Crippen LogP contribution >= 0.6 is 0 Å². The monoisotopic (exact) mass is 691 g/mol. The normalized spacial score (nSPS) is 20.2. The molecular formula is C53H41N. The molecule has 258 valence electrons. The minimum absolute atomic E-state index is 0.621. The number of para-hydroxylation sites is 2. The van der Waals surface area contributed by atoms with Crippen molar-refractivity contribution < 1.29 is 0 Å². The summed E-state index contributed by atoms with van der Waals surface area (Å²) in [5.41, 5.74) is 15.0. The molecule has 13 rings (SSSR count). The molecule has 4 bridgehead atoms. The van der Waals surface area contributed by atoms with Gasteiger partial charge in [0.2, 0.25) is 0 Å². The van der Waals surface area contributed by atoms with Crippen LogP contribution in [0.4, 0.5) is 0 Å². The minimum atomic E-state index is 0.621. The summed E-state index contributed by atoms with van der Waals surface area (Å²) in [4.78, 5) is 0. The summed E-state index contributed by atoms with van der Waals surface area (Å²) in [7, 11) is 0. The summed E-state index contributed by atoms with van der Waals surface area (Å²) in [6.07, 6.45) is 6.82. The van der Waals surface area contributed by atoms with Gasteiger partial charge in [-0.05, 0) is 146 Å². The van der Waals surface area contributed by atoms with Crippen molar-refractivity contribution in [3.8, 4) is 39.1 Å². The van der Waals surface area contributed by atoms with Crippen LogP contribution in [0.1, 0.15) is 55.1 Å². The summed E-state index contributed by atoms with van der Waals surface area (Å²) in [5, 5.41) is 7.82. The van der Waals surface area contributed by atoms with Crippen LogP contribution in [0.15, 0.2) is 164 Å². The Labute approximate surface area is 316 Å². The predicted octanol–water partition coefficient (Wildman–Crippen LogP) is 14.5. The van der Waals surface area contributed by atoms with Crippen molar-refractivity contribution in [1.82, 2.24) is 4.57 Å². The second-order valence-corrected chi connectivity index (χ2v) is 16.5. The predicted molar refractivity (Wildman–Crippen MR) is 228 cm³/mol. The number of fused-ring (bicyclic) bond motifs is 5. The van der Waals surface area contributed by atoms with Gasteiger partial charge < -0.3 is 4.57 Å². The fourth-order valence-corrected chi connectivity index (χ4v) is 11.5. The second-order valence-electron chi connectivity index (χ2n) is 16.5. The van der Waals surface area contributed by atoms with Gasteiger partial charge >= 0.3 is 0 Å². The lowest BCUT2D eigenvalue weighted by atomic mass is 9.63. The quantitative estimate of drug-likeness (QED) is 0.163. The largest absolute Gasteiger partial charge is 0.309 e. The minimum Gasteiger partial charge on any atom is -0.309 e. The van der Waals surface area contributed by atoms with Gasteiger partial charge in [-0.15, -0.1) is 0 Å². The topological polar surface area (TPSA) is 4.93 Å². The number of aromatic nitrogens is 1. The molecule has 0 N–H and O–H groups in total. The van der Waals surface area contributed by atoms with E-state index in [9.17, 15) is 0 Å². The SMILES string of the molecule is c1ccc(-n2c3ccccc3c3ccc(-c4c5ccccc5c(-c5ccc6c(c5)C5CC7CC(CC(C7)c7ccccc7-6)C5)c5ccccc45)cc32)cc1. The maximum absolute atomic E-state index is 2.63. The Hall–Kier alpha value is -5.92. The zero-order valence-electron chi connectivity index (χ0n) is 30.4.